The Hall–Kier alpha value is -6.70. The van der Waals surface area contributed by atoms with E-state index in [0.29, 0.717) is 66.5 Å². The van der Waals surface area contributed by atoms with Crippen molar-refractivity contribution in [3.63, 3.8) is 0 Å². The Kier molecular flexibility index (Phi) is 67.5. The second-order valence-electron chi connectivity index (χ2n) is 32.0. The molecule has 6 rings (SSSR count). The van der Waals surface area contributed by atoms with Gasteiger partial charge in [-0.2, -0.15) is 0 Å². The van der Waals surface area contributed by atoms with Crippen LogP contribution in [0.2, 0.25) is 40.2 Å². The Morgan fingerprint density at radius 3 is 0.852 bits per heavy atom. The average Bonchev–Trinajstić information content (AvgIpc) is 1.26. The molecule has 0 amide bonds. The van der Waals surface area contributed by atoms with Gasteiger partial charge in [0.05, 0.1) is 58.2 Å². The van der Waals surface area contributed by atoms with Crippen LogP contribution in [-0.4, -0.2) is 111 Å². The Bertz CT molecular complexity index is 3660. The SMILES string of the molecule is CCCCCCCCCCCC(=O)OCC(COC(=O)CCCCCCCCCCC)OC(=O)CCC(=O)O.CCCCCCCCCCCC(=O)OCC(COC(=O)CCCCCCCCCCC)OC(=O)CCC(=O)[O-].Clc1ccc(COC(Cn2ccnc2)c2ccc(Cl)cc2Cl)c(Cl)c1.Clc1ccc(COC(Cn2ccnc2)c2ccc(Cl)cc2Cl)c(Cl)c1. The third-order valence-corrected chi connectivity index (χ3v) is 23.0. The van der Waals surface area contributed by atoms with Crippen LogP contribution < -0.4 is 5.11 Å². The molecule has 1 N–H and O–H groups in total. The molecular formula is C98H139Cl8N4O18-. The average molecular weight is 1940 g/mol. The van der Waals surface area contributed by atoms with E-state index in [4.69, 9.17) is 136 Å². The lowest BCUT2D eigenvalue weighted by molar-refractivity contribution is -0.305. The number of carboxylic acid groups (broad SMARTS) is 2. The number of imidazole rings is 2. The molecule has 0 fully saturated rings. The lowest BCUT2D eigenvalue weighted by atomic mass is 10.1. The fraction of sp³-hybridized carbons (Fsp3) is 0.612. The number of esters is 6. The van der Waals surface area contributed by atoms with Crippen LogP contribution in [0, 0.1) is 0 Å². The van der Waals surface area contributed by atoms with Crippen LogP contribution in [0.1, 0.15) is 345 Å². The van der Waals surface area contributed by atoms with Crippen molar-refractivity contribution in [1.82, 2.24) is 19.1 Å². The molecule has 0 spiro atoms. The highest BCUT2D eigenvalue weighted by Crippen LogP contribution is 2.34. The van der Waals surface area contributed by atoms with Crippen molar-refractivity contribution in [3.8, 4) is 0 Å². The minimum atomic E-state index is -1.36. The smallest absolute Gasteiger partial charge is 0.306 e. The summed E-state index contributed by atoms with van der Waals surface area (Å²) < 4.78 is 47.6. The topological polar surface area (TPSA) is 289 Å². The predicted octanol–water partition coefficient (Wildman–Crippen LogP) is 27.0. The zero-order chi connectivity index (χ0) is 93.6. The van der Waals surface area contributed by atoms with E-state index in [1.54, 1.807) is 73.6 Å². The number of carboxylic acids is 2. The van der Waals surface area contributed by atoms with Gasteiger partial charge in [0.2, 0.25) is 0 Å². The molecule has 0 aliphatic heterocycles. The van der Waals surface area contributed by atoms with Crippen molar-refractivity contribution in [2.24, 2.45) is 0 Å². The largest absolute Gasteiger partial charge is 0.550 e. The molecule has 0 aliphatic rings. The van der Waals surface area contributed by atoms with E-state index in [-0.39, 0.29) is 95.5 Å². The summed E-state index contributed by atoms with van der Waals surface area (Å²) in [4.78, 5) is 102. The number of benzene rings is 4. The monoisotopic (exact) mass is 1940 g/mol. The highest BCUT2D eigenvalue weighted by atomic mass is 35.5. The first-order valence-corrected chi connectivity index (χ1v) is 49.2. The van der Waals surface area contributed by atoms with E-state index in [2.05, 4.69) is 37.7 Å². The van der Waals surface area contributed by atoms with Crippen LogP contribution in [0.25, 0.3) is 0 Å². The molecule has 0 bridgehead atoms. The summed E-state index contributed by atoms with van der Waals surface area (Å²) in [5.74, 6) is -5.52. The number of aliphatic carboxylic acids is 2. The number of halogens is 8. The molecule has 2 atom stereocenters. The second-order valence-corrected chi connectivity index (χ2v) is 35.3. The van der Waals surface area contributed by atoms with Gasteiger partial charge in [-0.15, -0.1) is 0 Å². The molecule has 0 radical (unpaired) electrons. The molecule has 2 aromatic heterocycles. The molecular weight excluding hydrogens is 1800 g/mol. The van der Waals surface area contributed by atoms with E-state index in [9.17, 15) is 43.5 Å². The first-order valence-electron chi connectivity index (χ1n) is 46.2. The Balaban J connectivity index is 0.000000448. The van der Waals surface area contributed by atoms with Gasteiger partial charge in [0.15, 0.2) is 12.2 Å². The number of carbonyl (C=O) groups is 8. The third-order valence-electron chi connectivity index (χ3n) is 20.7. The maximum absolute atomic E-state index is 12.1. The number of rotatable bonds is 68. The fourth-order valence-electron chi connectivity index (χ4n) is 13.3. The molecule has 0 aliphatic carbocycles. The highest BCUT2D eigenvalue weighted by Gasteiger charge is 2.24. The molecule has 4 aromatic carbocycles. The summed E-state index contributed by atoms with van der Waals surface area (Å²) in [5, 5.41) is 24.0. The van der Waals surface area contributed by atoms with Gasteiger partial charge < -0.3 is 62.0 Å². The van der Waals surface area contributed by atoms with Gasteiger partial charge in [-0.25, -0.2) is 9.97 Å². The highest BCUT2D eigenvalue weighted by molar-refractivity contribution is 6.36. The maximum Gasteiger partial charge on any atom is 0.306 e. The molecule has 128 heavy (non-hydrogen) atoms. The number of aromatic nitrogens is 4. The van der Waals surface area contributed by atoms with E-state index in [1.165, 1.54) is 154 Å². The van der Waals surface area contributed by atoms with Gasteiger partial charge in [-0.3, -0.25) is 33.6 Å². The van der Waals surface area contributed by atoms with Crippen LogP contribution in [0.3, 0.4) is 0 Å². The quantitative estimate of drug-likeness (QED) is 0.0211. The summed E-state index contributed by atoms with van der Waals surface area (Å²) in [7, 11) is 0. The van der Waals surface area contributed by atoms with Crippen LogP contribution in [-0.2, 0) is 103 Å². The number of unbranched alkanes of at least 4 members (excludes halogenated alkanes) is 32. The fourth-order valence-corrected chi connectivity index (χ4v) is 15.3. The number of nitrogens with zero attached hydrogens (tertiary/aromatic N) is 4. The summed E-state index contributed by atoms with van der Waals surface area (Å²) in [6.07, 6.45) is 48.9. The van der Waals surface area contributed by atoms with E-state index in [0.717, 1.165) is 99.3 Å². The molecule has 30 heteroatoms. The van der Waals surface area contributed by atoms with Crippen molar-refractivity contribution in [3.05, 3.63) is 173 Å². The number of carbonyl (C=O) groups excluding carboxylic acids is 7. The van der Waals surface area contributed by atoms with Crippen molar-refractivity contribution >= 4 is 141 Å². The lowest BCUT2D eigenvalue weighted by Gasteiger charge is -2.21. The molecule has 6 aromatic rings. The molecule has 22 nitrogen and oxygen atoms in total. The predicted molar refractivity (Wildman–Crippen MR) is 507 cm³/mol. The van der Waals surface area contributed by atoms with Crippen molar-refractivity contribution in [2.75, 3.05) is 26.4 Å². The molecule has 2 heterocycles. The second kappa shape index (κ2) is 74.8. The van der Waals surface area contributed by atoms with Crippen LogP contribution in [0.5, 0.6) is 0 Å². The van der Waals surface area contributed by atoms with Gasteiger partial charge in [-0.1, -0.05) is 350 Å². The Morgan fingerprint density at radius 2 is 0.602 bits per heavy atom. The maximum atomic E-state index is 12.1. The summed E-state index contributed by atoms with van der Waals surface area (Å²) >= 11 is 49.1. The van der Waals surface area contributed by atoms with Crippen LogP contribution in [0.15, 0.2) is 110 Å². The van der Waals surface area contributed by atoms with Gasteiger partial charge in [-0.05, 0) is 91.8 Å². The van der Waals surface area contributed by atoms with Crippen LogP contribution >= 0.6 is 92.8 Å². The minimum Gasteiger partial charge on any atom is -0.550 e. The zero-order valence-corrected chi connectivity index (χ0v) is 81.7. The summed E-state index contributed by atoms with van der Waals surface area (Å²) in [6.45, 7) is 9.68. The van der Waals surface area contributed by atoms with Gasteiger partial charge in [0, 0.05) is 108 Å². The number of hydrogen-bond acceptors (Lipinski definition) is 19. The number of hydrogen-bond donors (Lipinski definition) is 1. The summed E-state index contributed by atoms with van der Waals surface area (Å²) in [5.41, 5.74) is 3.41. The van der Waals surface area contributed by atoms with E-state index >= 15 is 0 Å². The van der Waals surface area contributed by atoms with Crippen molar-refractivity contribution in [2.45, 2.75) is 361 Å². The molecule has 0 saturated carbocycles. The molecule has 2 unspecified atom stereocenters. The van der Waals surface area contributed by atoms with E-state index < -0.39 is 54.4 Å². The lowest BCUT2D eigenvalue weighted by Crippen LogP contribution is -2.31. The van der Waals surface area contributed by atoms with Gasteiger partial charge in [0.1, 0.15) is 38.6 Å². The third kappa shape index (κ3) is 59.7. The first-order chi connectivity index (χ1) is 61.8. The minimum absolute atomic E-state index is 0.222. The molecule has 0 saturated heterocycles. The van der Waals surface area contributed by atoms with Crippen LogP contribution in [0.4, 0.5) is 0 Å². The van der Waals surface area contributed by atoms with Crippen molar-refractivity contribution in [1.29, 1.82) is 0 Å². The van der Waals surface area contributed by atoms with E-state index in [1.807, 2.05) is 45.8 Å². The Morgan fingerprint density at radius 1 is 0.336 bits per heavy atom. The van der Waals surface area contributed by atoms with Gasteiger partial charge >= 0.3 is 41.8 Å². The molecule has 716 valence electrons. The standard InChI is InChI=1S/2C31H56O8.2C18H14Cl4N2O/c2*1-3-5-7-9-11-13-15-17-19-21-29(34)37-25-27(39-31(36)24-23-28(32)33)26-38-30(35)22-20-18-16-14-12-10-8-6-4-2;2*19-13-2-1-12(16(21)7-13)10-25-18(9-24-6-5-23-11-24)15-4-3-14(20)8-17(15)22/h2*27H,3-26H2,1-2H3,(H,32,33);2*1-8,11,18H,9-10H2/p-1. The van der Waals surface area contributed by atoms with Crippen molar-refractivity contribution < 1.29 is 86.5 Å². The van der Waals surface area contributed by atoms with Gasteiger partial charge in [0.25, 0.3) is 0 Å². The first kappa shape index (κ1) is 115. The normalized spacial score (nSPS) is 11.5. The summed E-state index contributed by atoms with van der Waals surface area (Å²) in [6, 6.07) is 21.4. The Labute approximate surface area is 800 Å². The number of ether oxygens (including phenoxy) is 8. The zero-order valence-electron chi connectivity index (χ0n) is 75.7.